The molecule has 6 nitrogen and oxygen atoms in total. The van der Waals surface area contributed by atoms with Gasteiger partial charge in [0.05, 0.1) is 10.2 Å². The summed E-state index contributed by atoms with van der Waals surface area (Å²) in [7, 11) is 0. The summed E-state index contributed by atoms with van der Waals surface area (Å²) < 4.78 is 2.44. The number of rotatable bonds is 2. The number of fused-ring (bicyclic) bond motifs is 2. The standard InChI is InChI=1S/C21H16BrN5O/c22-17-11-24-20-10-19(25-27(20)13-17)21(28)26-8-6-14-9-15(4-5-16(14)12-26)18-3-1-2-7-23-18/h1-5,7,9-11,13H,6,8,12H2. The van der Waals surface area contributed by atoms with Crippen molar-refractivity contribution in [1.82, 2.24) is 24.5 Å². The van der Waals surface area contributed by atoms with Crippen molar-refractivity contribution in [3.63, 3.8) is 0 Å². The lowest BCUT2D eigenvalue weighted by molar-refractivity contribution is 0.0728. The summed E-state index contributed by atoms with van der Waals surface area (Å²) in [5, 5.41) is 4.38. The van der Waals surface area contributed by atoms with Crippen LogP contribution in [0.1, 0.15) is 21.6 Å². The first-order valence-corrected chi connectivity index (χ1v) is 9.80. The second-order valence-corrected chi connectivity index (χ2v) is 7.70. The van der Waals surface area contributed by atoms with Gasteiger partial charge in [-0.15, -0.1) is 0 Å². The van der Waals surface area contributed by atoms with Gasteiger partial charge in [-0.3, -0.25) is 9.78 Å². The summed E-state index contributed by atoms with van der Waals surface area (Å²) in [4.78, 5) is 23.5. The number of aromatic nitrogens is 4. The zero-order chi connectivity index (χ0) is 19.1. The predicted molar refractivity (Wildman–Crippen MR) is 109 cm³/mol. The molecular formula is C21H16BrN5O. The molecule has 4 heterocycles. The van der Waals surface area contributed by atoms with Crippen molar-refractivity contribution < 1.29 is 4.79 Å². The van der Waals surface area contributed by atoms with Crippen molar-refractivity contribution in [3.8, 4) is 11.3 Å². The van der Waals surface area contributed by atoms with Crippen molar-refractivity contribution in [2.24, 2.45) is 0 Å². The van der Waals surface area contributed by atoms with E-state index in [0.29, 0.717) is 24.4 Å². The molecule has 0 atom stereocenters. The third-order valence-electron chi connectivity index (χ3n) is 4.97. The van der Waals surface area contributed by atoms with Gasteiger partial charge in [-0.05, 0) is 51.7 Å². The number of amides is 1. The summed E-state index contributed by atoms with van der Waals surface area (Å²) >= 11 is 3.37. The zero-order valence-corrected chi connectivity index (χ0v) is 16.5. The first kappa shape index (κ1) is 17.1. The molecule has 0 N–H and O–H groups in total. The highest BCUT2D eigenvalue weighted by Crippen LogP contribution is 2.26. The molecule has 138 valence electrons. The summed E-state index contributed by atoms with van der Waals surface area (Å²) in [6.45, 7) is 1.25. The Balaban J connectivity index is 1.39. The van der Waals surface area contributed by atoms with Crippen LogP contribution in [0.25, 0.3) is 16.9 Å². The first-order valence-electron chi connectivity index (χ1n) is 9.01. The smallest absolute Gasteiger partial charge is 0.274 e. The second-order valence-electron chi connectivity index (χ2n) is 6.78. The minimum atomic E-state index is -0.0684. The van der Waals surface area contributed by atoms with E-state index in [0.717, 1.165) is 22.2 Å². The summed E-state index contributed by atoms with van der Waals surface area (Å²) in [5.74, 6) is -0.0684. The average molecular weight is 434 g/mol. The number of nitrogens with zero attached hydrogens (tertiary/aromatic N) is 5. The van der Waals surface area contributed by atoms with E-state index in [1.807, 2.05) is 23.1 Å². The van der Waals surface area contributed by atoms with Crippen LogP contribution in [0, 0.1) is 0 Å². The molecule has 0 bridgehead atoms. The SMILES string of the molecule is O=C(c1cc2ncc(Br)cn2n1)N1CCc2cc(-c3ccccn3)ccc2C1. The Hall–Kier alpha value is -3.06. The van der Waals surface area contributed by atoms with E-state index in [4.69, 9.17) is 0 Å². The third-order valence-corrected chi connectivity index (χ3v) is 5.38. The van der Waals surface area contributed by atoms with Gasteiger partial charge >= 0.3 is 0 Å². The highest BCUT2D eigenvalue weighted by Gasteiger charge is 2.24. The highest BCUT2D eigenvalue weighted by atomic mass is 79.9. The Labute approximate surface area is 170 Å². The summed E-state index contributed by atoms with van der Waals surface area (Å²) in [6.07, 6.45) is 6.11. The van der Waals surface area contributed by atoms with Crippen molar-refractivity contribution in [3.05, 3.63) is 82.3 Å². The quantitative estimate of drug-likeness (QED) is 0.482. The van der Waals surface area contributed by atoms with E-state index < -0.39 is 0 Å². The number of carbonyl (C=O) groups excluding carboxylic acids is 1. The molecule has 0 saturated heterocycles. The minimum Gasteiger partial charge on any atom is -0.333 e. The molecule has 0 unspecified atom stereocenters. The maximum atomic E-state index is 13.0. The Bertz CT molecular complexity index is 1190. The van der Waals surface area contributed by atoms with E-state index in [1.165, 1.54) is 11.1 Å². The number of halogens is 1. The van der Waals surface area contributed by atoms with Crippen LogP contribution in [0.15, 0.2) is 65.5 Å². The molecule has 1 aliphatic rings. The van der Waals surface area contributed by atoms with Gasteiger partial charge in [0.1, 0.15) is 0 Å². The van der Waals surface area contributed by atoms with Gasteiger partial charge in [-0.25, -0.2) is 9.50 Å². The predicted octanol–water partition coefficient (Wildman–Crippen LogP) is 3.75. The van der Waals surface area contributed by atoms with Crippen LogP contribution in [-0.2, 0) is 13.0 Å². The Morgan fingerprint density at radius 3 is 2.86 bits per heavy atom. The fourth-order valence-electron chi connectivity index (χ4n) is 3.54. The maximum absolute atomic E-state index is 13.0. The van der Waals surface area contributed by atoms with E-state index in [-0.39, 0.29) is 5.91 Å². The van der Waals surface area contributed by atoms with Crippen molar-refractivity contribution in [2.75, 3.05) is 6.54 Å². The summed E-state index contributed by atoms with van der Waals surface area (Å²) in [5.41, 5.74) is 5.59. The van der Waals surface area contributed by atoms with E-state index >= 15 is 0 Å². The van der Waals surface area contributed by atoms with Crippen LogP contribution in [0.3, 0.4) is 0 Å². The molecule has 0 aliphatic carbocycles. The molecule has 0 radical (unpaired) electrons. The average Bonchev–Trinajstić information content (AvgIpc) is 3.16. The third kappa shape index (κ3) is 3.07. The molecule has 0 spiro atoms. The molecule has 7 heteroatoms. The molecule has 0 saturated carbocycles. The molecule has 4 aromatic rings. The van der Waals surface area contributed by atoms with Crippen molar-refractivity contribution in [2.45, 2.75) is 13.0 Å². The van der Waals surface area contributed by atoms with Gasteiger partial charge < -0.3 is 4.90 Å². The van der Waals surface area contributed by atoms with Crippen LogP contribution < -0.4 is 0 Å². The Morgan fingerprint density at radius 1 is 1.07 bits per heavy atom. The Kier molecular flexibility index (Phi) is 4.16. The lowest BCUT2D eigenvalue weighted by Crippen LogP contribution is -2.36. The van der Waals surface area contributed by atoms with E-state index in [2.05, 4.69) is 49.2 Å². The van der Waals surface area contributed by atoms with Gasteiger partial charge in [-0.1, -0.05) is 18.2 Å². The van der Waals surface area contributed by atoms with Gasteiger partial charge in [0, 0.05) is 43.3 Å². The minimum absolute atomic E-state index is 0.0684. The molecule has 1 amide bonds. The first-order chi connectivity index (χ1) is 13.7. The lowest BCUT2D eigenvalue weighted by Gasteiger charge is -2.28. The van der Waals surface area contributed by atoms with Crippen molar-refractivity contribution >= 4 is 27.5 Å². The van der Waals surface area contributed by atoms with Crippen LogP contribution >= 0.6 is 15.9 Å². The van der Waals surface area contributed by atoms with E-state index in [9.17, 15) is 4.79 Å². The molecule has 1 aromatic carbocycles. The van der Waals surface area contributed by atoms with E-state index in [1.54, 1.807) is 29.2 Å². The highest BCUT2D eigenvalue weighted by molar-refractivity contribution is 9.10. The lowest BCUT2D eigenvalue weighted by atomic mass is 9.96. The Morgan fingerprint density at radius 2 is 2.00 bits per heavy atom. The fraction of sp³-hybridized carbons (Fsp3) is 0.143. The van der Waals surface area contributed by atoms with Gasteiger partial charge in [0.2, 0.25) is 0 Å². The molecule has 0 fully saturated rings. The summed E-state index contributed by atoms with van der Waals surface area (Å²) in [6, 6.07) is 14.0. The number of pyridine rings is 1. The van der Waals surface area contributed by atoms with Crippen LogP contribution in [0.5, 0.6) is 0 Å². The zero-order valence-electron chi connectivity index (χ0n) is 14.9. The van der Waals surface area contributed by atoms with Crippen LogP contribution in [0.4, 0.5) is 0 Å². The maximum Gasteiger partial charge on any atom is 0.274 e. The molecule has 3 aromatic heterocycles. The molecular weight excluding hydrogens is 418 g/mol. The number of benzene rings is 1. The monoisotopic (exact) mass is 433 g/mol. The fourth-order valence-corrected chi connectivity index (χ4v) is 3.84. The molecule has 5 rings (SSSR count). The largest absolute Gasteiger partial charge is 0.333 e. The molecule has 28 heavy (non-hydrogen) atoms. The van der Waals surface area contributed by atoms with Crippen LogP contribution in [-0.4, -0.2) is 36.9 Å². The van der Waals surface area contributed by atoms with Gasteiger partial charge in [0.15, 0.2) is 11.3 Å². The van der Waals surface area contributed by atoms with Gasteiger partial charge in [0.25, 0.3) is 5.91 Å². The number of hydrogen-bond acceptors (Lipinski definition) is 4. The van der Waals surface area contributed by atoms with Crippen LogP contribution in [0.2, 0.25) is 0 Å². The topological polar surface area (TPSA) is 63.4 Å². The second kappa shape index (κ2) is 6.83. The number of carbonyl (C=O) groups is 1. The van der Waals surface area contributed by atoms with Crippen molar-refractivity contribution in [1.29, 1.82) is 0 Å². The normalized spacial score (nSPS) is 13.5. The van der Waals surface area contributed by atoms with Gasteiger partial charge in [-0.2, -0.15) is 5.10 Å². The molecule has 1 aliphatic heterocycles. The number of hydrogen-bond donors (Lipinski definition) is 0.